The SMILES string of the molecule is CO[Si](CCCN(CCN(C(=O)O)C(=O)O)C(=O)O)(OC)OC. The first-order chi connectivity index (χ1) is 10.7. The highest BCUT2D eigenvalue weighted by Gasteiger charge is 2.37. The molecule has 23 heavy (non-hydrogen) atoms. The van der Waals surface area contributed by atoms with Gasteiger partial charge in [-0.15, -0.1) is 0 Å². The normalized spacial score (nSPS) is 11.1. The fraction of sp³-hybridized carbons (Fsp3) is 0.727. The fourth-order valence-corrected chi connectivity index (χ4v) is 3.54. The van der Waals surface area contributed by atoms with Gasteiger partial charge in [0.05, 0.1) is 6.54 Å². The third-order valence-corrected chi connectivity index (χ3v) is 6.00. The summed E-state index contributed by atoms with van der Waals surface area (Å²) >= 11 is 0. The second-order valence-corrected chi connectivity index (χ2v) is 7.48. The smallest absolute Gasteiger partial charge is 0.465 e. The minimum Gasteiger partial charge on any atom is -0.465 e. The van der Waals surface area contributed by atoms with Crippen LogP contribution in [-0.4, -0.2) is 93.2 Å². The van der Waals surface area contributed by atoms with Gasteiger partial charge in [-0.1, -0.05) is 0 Å². The molecule has 12 heteroatoms. The summed E-state index contributed by atoms with van der Waals surface area (Å²) in [6.07, 6.45) is -4.24. The Labute approximate surface area is 134 Å². The largest absolute Gasteiger partial charge is 0.500 e. The first-order valence-corrected chi connectivity index (χ1v) is 8.53. The van der Waals surface area contributed by atoms with E-state index in [4.69, 9.17) is 28.6 Å². The topological polar surface area (TPSA) is 146 Å². The van der Waals surface area contributed by atoms with Gasteiger partial charge in [-0.3, -0.25) is 0 Å². The van der Waals surface area contributed by atoms with Gasteiger partial charge in [0, 0.05) is 40.5 Å². The number of imide groups is 1. The maximum atomic E-state index is 11.1. The van der Waals surface area contributed by atoms with Gasteiger partial charge in [-0.2, -0.15) is 0 Å². The average Bonchev–Trinajstić information content (AvgIpc) is 2.49. The maximum absolute atomic E-state index is 11.1. The molecule has 0 aromatic rings. The molecule has 0 rings (SSSR count). The Balaban J connectivity index is 4.57. The summed E-state index contributed by atoms with van der Waals surface area (Å²) in [5.41, 5.74) is 0. The molecule has 0 aromatic heterocycles. The van der Waals surface area contributed by atoms with Crippen molar-refractivity contribution in [3.63, 3.8) is 0 Å². The molecular formula is C11H22N2O9Si. The van der Waals surface area contributed by atoms with Crippen molar-refractivity contribution < 1.29 is 43.0 Å². The van der Waals surface area contributed by atoms with Crippen LogP contribution in [-0.2, 0) is 13.3 Å². The lowest BCUT2D eigenvalue weighted by Gasteiger charge is -2.26. The molecule has 0 aliphatic carbocycles. The highest BCUT2D eigenvalue weighted by atomic mass is 28.4. The van der Waals surface area contributed by atoms with Crippen molar-refractivity contribution in [2.75, 3.05) is 41.0 Å². The summed E-state index contributed by atoms with van der Waals surface area (Å²) in [6.45, 7) is -0.680. The quantitative estimate of drug-likeness (QED) is 0.487. The molecule has 0 radical (unpaired) electrons. The van der Waals surface area contributed by atoms with Crippen LogP contribution in [0.3, 0.4) is 0 Å². The van der Waals surface area contributed by atoms with Crippen molar-refractivity contribution in [2.45, 2.75) is 12.5 Å². The molecular weight excluding hydrogens is 332 g/mol. The van der Waals surface area contributed by atoms with E-state index in [0.717, 1.165) is 4.90 Å². The van der Waals surface area contributed by atoms with E-state index >= 15 is 0 Å². The zero-order valence-corrected chi connectivity index (χ0v) is 14.2. The van der Waals surface area contributed by atoms with Gasteiger partial charge in [-0.25, -0.2) is 19.3 Å². The molecule has 0 unspecified atom stereocenters. The summed E-state index contributed by atoms with van der Waals surface area (Å²) in [5, 5.41) is 26.5. The van der Waals surface area contributed by atoms with Gasteiger partial charge in [-0.05, 0) is 6.42 Å². The van der Waals surface area contributed by atoms with Crippen molar-refractivity contribution in [2.24, 2.45) is 0 Å². The number of nitrogens with zero attached hydrogens (tertiary/aromatic N) is 2. The van der Waals surface area contributed by atoms with Crippen molar-refractivity contribution >= 4 is 27.1 Å². The highest BCUT2D eigenvalue weighted by molar-refractivity contribution is 6.60. The zero-order chi connectivity index (χ0) is 18.0. The van der Waals surface area contributed by atoms with Crippen LogP contribution in [0, 0.1) is 0 Å². The molecule has 0 atom stereocenters. The second kappa shape index (κ2) is 9.99. The fourth-order valence-electron chi connectivity index (χ4n) is 1.84. The molecule has 0 saturated heterocycles. The van der Waals surface area contributed by atoms with Gasteiger partial charge >= 0.3 is 27.1 Å². The van der Waals surface area contributed by atoms with Crippen LogP contribution in [0.2, 0.25) is 6.04 Å². The number of hydrogen-bond donors (Lipinski definition) is 3. The monoisotopic (exact) mass is 354 g/mol. The Morgan fingerprint density at radius 3 is 1.65 bits per heavy atom. The van der Waals surface area contributed by atoms with Gasteiger partial charge in [0.2, 0.25) is 0 Å². The van der Waals surface area contributed by atoms with Gasteiger partial charge < -0.3 is 33.5 Å². The maximum Gasteiger partial charge on any atom is 0.500 e. The molecule has 0 aliphatic heterocycles. The van der Waals surface area contributed by atoms with Crippen LogP contribution in [0.4, 0.5) is 14.4 Å². The van der Waals surface area contributed by atoms with Crippen molar-refractivity contribution in [3.8, 4) is 0 Å². The van der Waals surface area contributed by atoms with Crippen LogP contribution in [0.1, 0.15) is 6.42 Å². The molecule has 134 valence electrons. The van der Waals surface area contributed by atoms with Crippen LogP contribution in [0.25, 0.3) is 0 Å². The van der Waals surface area contributed by atoms with E-state index in [9.17, 15) is 14.4 Å². The van der Waals surface area contributed by atoms with E-state index in [1.807, 2.05) is 0 Å². The number of carboxylic acid groups (broad SMARTS) is 3. The van der Waals surface area contributed by atoms with E-state index in [1.54, 1.807) is 0 Å². The molecule has 0 aromatic carbocycles. The van der Waals surface area contributed by atoms with Crippen LogP contribution >= 0.6 is 0 Å². The Kier molecular flexibility index (Phi) is 9.17. The molecule has 3 amide bonds. The average molecular weight is 354 g/mol. The summed E-state index contributed by atoms with van der Waals surface area (Å²) < 4.78 is 15.6. The summed E-state index contributed by atoms with van der Waals surface area (Å²) in [5.74, 6) is 0. The van der Waals surface area contributed by atoms with Crippen LogP contribution < -0.4 is 0 Å². The molecule has 0 heterocycles. The molecule has 3 N–H and O–H groups in total. The van der Waals surface area contributed by atoms with Crippen molar-refractivity contribution in [3.05, 3.63) is 0 Å². The lowest BCUT2D eigenvalue weighted by Crippen LogP contribution is -2.45. The number of rotatable bonds is 10. The first-order valence-electron chi connectivity index (χ1n) is 6.59. The molecule has 0 spiro atoms. The molecule has 0 fully saturated rings. The third-order valence-electron chi connectivity index (χ3n) is 3.17. The van der Waals surface area contributed by atoms with Gasteiger partial charge in [0.25, 0.3) is 0 Å². The van der Waals surface area contributed by atoms with E-state index in [1.165, 1.54) is 21.3 Å². The Morgan fingerprint density at radius 2 is 1.30 bits per heavy atom. The number of carbonyl (C=O) groups is 3. The highest BCUT2D eigenvalue weighted by Crippen LogP contribution is 2.15. The third kappa shape index (κ3) is 6.81. The minimum absolute atomic E-state index is 0.0627. The van der Waals surface area contributed by atoms with Gasteiger partial charge in [0.1, 0.15) is 0 Å². The number of hydrogen-bond acceptors (Lipinski definition) is 6. The summed E-state index contributed by atoms with van der Waals surface area (Å²) in [4.78, 5) is 33.6. The predicted molar refractivity (Wildman–Crippen MR) is 78.6 cm³/mol. The van der Waals surface area contributed by atoms with Crippen molar-refractivity contribution in [1.29, 1.82) is 0 Å². The molecule has 0 bridgehead atoms. The Hall–Kier alpha value is -1.89. The second-order valence-electron chi connectivity index (χ2n) is 4.39. The predicted octanol–water partition coefficient (Wildman–Crippen LogP) is 0.893. The van der Waals surface area contributed by atoms with Crippen molar-refractivity contribution in [1.82, 2.24) is 9.80 Å². The summed E-state index contributed by atoms with van der Waals surface area (Å²) in [7, 11) is 1.49. The summed E-state index contributed by atoms with van der Waals surface area (Å²) in [6, 6.07) is 0.363. The minimum atomic E-state index is -2.82. The number of amides is 3. The molecule has 0 aliphatic rings. The standard InChI is InChI=1S/C11H22N2O9Si/c1-20-23(21-2,22-3)8-4-5-12(9(14)15)6-7-13(10(16)17)11(18)19/h4-8H2,1-3H3,(H,14,15)(H,16,17)(H,18,19). The van der Waals surface area contributed by atoms with E-state index in [2.05, 4.69) is 0 Å². The Bertz CT molecular complexity index is 394. The van der Waals surface area contributed by atoms with Crippen LogP contribution in [0.5, 0.6) is 0 Å². The lowest BCUT2D eigenvalue weighted by atomic mass is 10.4. The molecule has 0 saturated carbocycles. The van der Waals surface area contributed by atoms with E-state index in [0.29, 0.717) is 12.5 Å². The van der Waals surface area contributed by atoms with Crippen LogP contribution in [0.15, 0.2) is 0 Å². The molecule has 11 nitrogen and oxygen atoms in total. The van der Waals surface area contributed by atoms with E-state index < -0.39 is 33.6 Å². The first kappa shape index (κ1) is 21.1. The Morgan fingerprint density at radius 1 is 0.826 bits per heavy atom. The van der Waals surface area contributed by atoms with Gasteiger partial charge in [0.15, 0.2) is 0 Å². The zero-order valence-electron chi connectivity index (χ0n) is 13.2. The lowest BCUT2D eigenvalue weighted by molar-refractivity contribution is 0.108. The van der Waals surface area contributed by atoms with E-state index in [-0.39, 0.29) is 18.0 Å².